The van der Waals surface area contributed by atoms with Crippen molar-refractivity contribution in [2.45, 2.75) is 25.8 Å². The van der Waals surface area contributed by atoms with Crippen LogP contribution in [0.4, 0.5) is 4.39 Å². The van der Waals surface area contributed by atoms with Gasteiger partial charge in [-0.3, -0.25) is 4.79 Å². The zero-order valence-electron chi connectivity index (χ0n) is 8.84. The molecular weight excluding hydrogens is 233 g/mol. The Kier molecular flexibility index (Phi) is 4.26. The van der Waals surface area contributed by atoms with Crippen LogP contribution in [0.15, 0.2) is 12.1 Å². The predicted molar refractivity (Wildman–Crippen MR) is 59.9 cm³/mol. The zero-order valence-corrected chi connectivity index (χ0v) is 9.59. The Hall–Kier alpha value is -1.13. The van der Waals surface area contributed by atoms with Gasteiger partial charge < -0.3 is 10.8 Å². The molecule has 0 radical (unpaired) electrons. The summed E-state index contributed by atoms with van der Waals surface area (Å²) in [6, 6.07) is 2.20. The summed E-state index contributed by atoms with van der Waals surface area (Å²) in [7, 11) is 0. The Balaban J connectivity index is 2.86. The number of benzene rings is 1. The number of carboxylic acid groups (broad SMARTS) is 1. The van der Waals surface area contributed by atoms with Crippen LogP contribution >= 0.6 is 11.6 Å². The van der Waals surface area contributed by atoms with Gasteiger partial charge in [-0.1, -0.05) is 11.6 Å². The second-order valence-electron chi connectivity index (χ2n) is 3.66. The monoisotopic (exact) mass is 245 g/mol. The highest BCUT2D eigenvalue weighted by Crippen LogP contribution is 2.27. The van der Waals surface area contributed by atoms with E-state index in [1.165, 1.54) is 12.1 Å². The van der Waals surface area contributed by atoms with Crippen molar-refractivity contribution in [3.05, 3.63) is 34.1 Å². The Morgan fingerprint density at radius 3 is 2.81 bits per heavy atom. The molecule has 16 heavy (non-hydrogen) atoms. The average Bonchev–Trinajstić information content (AvgIpc) is 2.20. The molecule has 0 amide bonds. The Morgan fingerprint density at radius 1 is 1.62 bits per heavy atom. The molecule has 0 aliphatic carbocycles. The molecule has 1 rings (SSSR count). The van der Waals surface area contributed by atoms with Gasteiger partial charge in [-0.05, 0) is 36.6 Å². The fourth-order valence-electron chi connectivity index (χ4n) is 1.38. The van der Waals surface area contributed by atoms with Gasteiger partial charge in [0.25, 0.3) is 0 Å². The lowest BCUT2D eigenvalue weighted by Crippen LogP contribution is -2.13. The third kappa shape index (κ3) is 3.18. The number of rotatable bonds is 4. The van der Waals surface area contributed by atoms with Gasteiger partial charge in [0, 0.05) is 17.5 Å². The van der Waals surface area contributed by atoms with Crippen LogP contribution in [0, 0.1) is 12.7 Å². The van der Waals surface area contributed by atoms with E-state index in [1.807, 2.05) is 0 Å². The number of hydrogen-bond donors (Lipinski definition) is 2. The Morgan fingerprint density at radius 2 is 2.25 bits per heavy atom. The summed E-state index contributed by atoms with van der Waals surface area (Å²) in [5.74, 6) is -1.32. The van der Waals surface area contributed by atoms with E-state index in [0.717, 1.165) is 0 Å². The van der Waals surface area contributed by atoms with Crippen molar-refractivity contribution in [1.29, 1.82) is 0 Å². The molecule has 0 fully saturated rings. The Labute approximate surface area is 98.0 Å². The summed E-state index contributed by atoms with van der Waals surface area (Å²) >= 11 is 5.92. The van der Waals surface area contributed by atoms with Gasteiger partial charge in [0.1, 0.15) is 5.82 Å². The van der Waals surface area contributed by atoms with Gasteiger partial charge in [-0.15, -0.1) is 0 Å². The third-order valence-corrected chi connectivity index (χ3v) is 2.67. The van der Waals surface area contributed by atoms with E-state index in [4.69, 9.17) is 22.4 Å². The second kappa shape index (κ2) is 5.27. The van der Waals surface area contributed by atoms with Crippen LogP contribution < -0.4 is 5.73 Å². The minimum atomic E-state index is -0.931. The first-order valence-corrected chi connectivity index (χ1v) is 5.22. The summed E-state index contributed by atoms with van der Waals surface area (Å²) < 4.78 is 13.3. The van der Waals surface area contributed by atoms with Crippen LogP contribution in [0.3, 0.4) is 0 Å². The Bertz CT molecular complexity index is 409. The zero-order chi connectivity index (χ0) is 12.3. The van der Waals surface area contributed by atoms with Gasteiger partial charge in [0.15, 0.2) is 0 Å². The van der Waals surface area contributed by atoms with Crippen molar-refractivity contribution in [3.63, 3.8) is 0 Å². The molecule has 3 N–H and O–H groups in total. The van der Waals surface area contributed by atoms with E-state index in [9.17, 15) is 9.18 Å². The maximum absolute atomic E-state index is 13.3. The number of aryl methyl sites for hydroxylation is 1. The highest BCUT2D eigenvalue weighted by Gasteiger charge is 2.14. The predicted octanol–water partition coefficient (Wildman–Crippen LogP) is 2.65. The van der Waals surface area contributed by atoms with Crippen molar-refractivity contribution >= 4 is 17.6 Å². The molecule has 3 nitrogen and oxygen atoms in total. The first-order chi connectivity index (χ1) is 7.41. The first-order valence-electron chi connectivity index (χ1n) is 4.84. The molecular formula is C11H13ClFNO2. The maximum Gasteiger partial charge on any atom is 0.303 e. The van der Waals surface area contributed by atoms with Crippen LogP contribution in [-0.4, -0.2) is 11.1 Å². The minimum absolute atomic E-state index is 0.0625. The summed E-state index contributed by atoms with van der Waals surface area (Å²) in [6.07, 6.45) is 0.171. The van der Waals surface area contributed by atoms with Crippen LogP contribution in [0.25, 0.3) is 0 Å². The fraction of sp³-hybridized carbons (Fsp3) is 0.364. The molecule has 1 unspecified atom stereocenters. The van der Waals surface area contributed by atoms with Gasteiger partial charge in [-0.25, -0.2) is 4.39 Å². The van der Waals surface area contributed by atoms with E-state index in [2.05, 4.69) is 0 Å². The number of nitrogens with two attached hydrogens (primary N) is 1. The molecule has 0 aromatic heterocycles. The van der Waals surface area contributed by atoms with Crippen molar-refractivity contribution < 1.29 is 14.3 Å². The highest BCUT2D eigenvalue weighted by molar-refractivity contribution is 6.31. The van der Waals surface area contributed by atoms with Crippen molar-refractivity contribution in [1.82, 2.24) is 0 Å². The fourth-order valence-corrected chi connectivity index (χ4v) is 1.74. The van der Waals surface area contributed by atoms with Crippen molar-refractivity contribution in [2.75, 3.05) is 0 Å². The lowest BCUT2D eigenvalue weighted by molar-refractivity contribution is -0.137. The summed E-state index contributed by atoms with van der Waals surface area (Å²) in [6.45, 7) is 1.60. The minimum Gasteiger partial charge on any atom is -0.481 e. The molecule has 1 atom stereocenters. The molecule has 0 aliphatic rings. The number of carbonyl (C=O) groups is 1. The smallest absolute Gasteiger partial charge is 0.303 e. The molecule has 0 spiro atoms. The summed E-state index contributed by atoms with van der Waals surface area (Å²) in [4.78, 5) is 10.4. The summed E-state index contributed by atoms with van der Waals surface area (Å²) in [5, 5.41) is 8.89. The van der Waals surface area contributed by atoms with Gasteiger partial charge >= 0.3 is 5.97 Å². The number of hydrogen-bond acceptors (Lipinski definition) is 2. The SMILES string of the molecule is Cc1cc(Cl)c(C(N)CCC(=O)O)cc1F. The summed E-state index contributed by atoms with van der Waals surface area (Å²) in [5.41, 5.74) is 6.64. The number of halogens is 2. The maximum atomic E-state index is 13.3. The van der Waals surface area contributed by atoms with Crippen LogP contribution in [-0.2, 0) is 4.79 Å². The molecule has 1 aromatic rings. The van der Waals surface area contributed by atoms with E-state index >= 15 is 0 Å². The van der Waals surface area contributed by atoms with Crippen LogP contribution in [0.5, 0.6) is 0 Å². The van der Waals surface area contributed by atoms with E-state index in [1.54, 1.807) is 6.92 Å². The lowest BCUT2D eigenvalue weighted by Gasteiger charge is -2.13. The van der Waals surface area contributed by atoms with Gasteiger partial charge in [0.2, 0.25) is 0 Å². The third-order valence-electron chi connectivity index (χ3n) is 2.35. The average molecular weight is 246 g/mol. The molecule has 1 aromatic carbocycles. The van der Waals surface area contributed by atoms with Crippen molar-refractivity contribution in [2.24, 2.45) is 5.73 Å². The molecule has 0 bridgehead atoms. The largest absolute Gasteiger partial charge is 0.481 e. The molecule has 5 heteroatoms. The second-order valence-corrected chi connectivity index (χ2v) is 4.07. The standard InChI is InChI=1S/C11H13ClFNO2/c1-6-4-8(12)7(5-9(6)13)10(14)2-3-11(15)16/h4-5,10H,2-3,14H2,1H3,(H,15,16). The van der Waals surface area contributed by atoms with E-state index < -0.39 is 12.0 Å². The van der Waals surface area contributed by atoms with Gasteiger partial charge in [0.05, 0.1) is 0 Å². The van der Waals surface area contributed by atoms with E-state index in [0.29, 0.717) is 16.1 Å². The molecule has 0 aliphatic heterocycles. The normalized spacial score (nSPS) is 12.5. The lowest BCUT2D eigenvalue weighted by atomic mass is 10.0. The van der Waals surface area contributed by atoms with Crippen molar-refractivity contribution in [3.8, 4) is 0 Å². The van der Waals surface area contributed by atoms with Crippen LogP contribution in [0.1, 0.15) is 30.0 Å². The molecule has 88 valence electrons. The molecule has 0 heterocycles. The van der Waals surface area contributed by atoms with Crippen LogP contribution in [0.2, 0.25) is 5.02 Å². The first kappa shape index (κ1) is 12.9. The van der Waals surface area contributed by atoms with E-state index in [-0.39, 0.29) is 18.7 Å². The quantitative estimate of drug-likeness (QED) is 0.857. The molecule has 0 saturated heterocycles. The topological polar surface area (TPSA) is 63.3 Å². The molecule has 0 saturated carbocycles. The number of carboxylic acids is 1. The van der Waals surface area contributed by atoms with Gasteiger partial charge in [-0.2, -0.15) is 0 Å². The number of aliphatic carboxylic acids is 1. The highest BCUT2D eigenvalue weighted by atomic mass is 35.5.